The van der Waals surface area contributed by atoms with E-state index in [-0.39, 0.29) is 0 Å². The molecule has 3 aliphatic rings. The largest absolute Gasteiger partial charge is 0.356 e. The lowest BCUT2D eigenvalue weighted by molar-refractivity contribution is 0.141. The molecule has 3 unspecified atom stereocenters. The molecule has 5 nitrogen and oxygen atoms in total. The molecule has 0 spiro atoms. The van der Waals surface area contributed by atoms with Crippen molar-refractivity contribution < 1.29 is 0 Å². The first-order valence-corrected chi connectivity index (χ1v) is 10.0. The number of piperidine rings is 1. The lowest BCUT2D eigenvalue weighted by atomic mass is 9.97. The first-order chi connectivity index (χ1) is 11.6. The van der Waals surface area contributed by atoms with Crippen LogP contribution in [0.15, 0.2) is 4.99 Å². The molecule has 3 rings (SSSR count). The Morgan fingerprint density at radius 3 is 2.62 bits per heavy atom. The van der Waals surface area contributed by atoms with Gasteiger partial charge in [0.15, 0.2) is 5.96 Å². The quantitative estimate of drug-likeness (QED) is 0.593. The lowest BCUT2D eigenvalue weighted by Crippen LogP contribution is -2.49. The zero-order chi connectivity index (χ0) is 17.1. The summed E-state index contributed by atoms with van der Waals surface area (Å²) < 4.78 is 0. The second-order valence-electron chi connectivity index (χ2n) is 8.46. The van der Waals surface area contributed by atoms with E-state index in [1.54, 1.807) is 0 Å². The summed E-state index contributed by atoms with van der Waals surface area (Å²) in [6.45, 7) is 12.9. The summed E-state index contributed by atoms with van der Waals surface area (Å²) in [6.07, 6.45) is 5.47. The molecule has 5 heteroatoms. The van der Waals surface area contributed by atoms with Gasteiger partial charge in [-0.2, -0.15) is 0 Å². The van der Waals surface area contributed by atoms with Crippen molar-refractivity contribution in [3.63, 3.8) is 0 Å². The molecule has 24 heavy (non-hydrogen) atoms. The molecule has 1 saturated carbocycles. The maximum Gasteiger partial charge on any atom is 0.191 e. The molecule has 2 saturated heterocycles. The van der Waals surface area contributed by atoms with Crippen LogP contribution in [0.4, 0.5) is 0 Å². The minimum absolute atomic E-state index is 0.537. The van der Waals surface area contributed by atoms with Crippen LogP contribution in [0.2, 0.25) is 0 Å². The van der Waals surface area contributed by atoms with E-state index in [0.29, 0.717) is 18.0 Å². The molecular formula is C19H37N5. The maximum atomic E-state index is 4.47. The van der Waals surface area contributed by atoms with Gasteiger partial charge >= 0.3 is 0 Å². The first-order valence-electron chi connectivity index (χ1n) is 10.0. The number of aliphatic imine (C=N–C) groups is 1. The summed E-state index contributed by atoms with van der Waals surface area (Å²) in [5, 5.41) is 7.28. The zero-order valence-corrected chi connectivity index (χ0v) is 16.1. The van der Waals surface area contributed by atoms with Crippen LogP contribution >= 0.6 is 0 Å². The average molecular weight is 336 g/mol. The topological polar surface area (TPSA) is 42.9 Å². The monoisotopic (exact) mass is 335 g/mol. The van der Waals surface area contributed by atoms with E-state index in [1.165, 1.54) is 51.9 Å². The molecule has 3 atom stereocenters. The second kappa shape index (κ2) is 8.05. The van der Waals surface area contributed by atoms with Gasteiger partial charge in [-0.25, -0.2) is 0 Å². The SMILES string of the molecule is CN=C(NCC1CCCN(C(C)C)C1)NC1CN(C2CC2)CC1C. The summed E-state index contributed by atoms with van der Waals surface area (Å²) in [5.74, 6) is 2.44. The maximum absolute atomic E-state index is 4.47. The fourth-order valence-corrected chi connectivity index (χ4v) is 4.27. The van der Waals surface area contributed by atoms with E-state index in [2.05, 4.69) is 46.2 Å². The predicted octanol–water partition coefficient (Wildman–Crippen LogP) is 1.75. The van der Waals surface area contributed by atoms with Crippen LogP contribution in [0, 0.1) is 11.8 Å². The van der Waals surface area contributed by atoms with Crippen molar-refractivity contribution in [2.75, 3.05) is 39.8 Å². The van der Waals surface area contributed by atoms with Crippen LogP contribution in [-0.2, 0) is 0 Å². The minimum Gasteiger partial charge on any atom is -0.356 e. The molecule has 0 bridgehead atoms. The fourth-order valence-electron chi connectivity index (χ4n) is 4.27. The van der Waals surface area contributed by atoms with Gasteiger partial charge in [0.2, 0.25) is 0 Å². The number of likely N-dealkylation sites (tertiary alicyclic amines) is 2. The summed E-state index contributed by atoms with van der Waals surface area (Å²) in [5.41, 5.74) is 0. The van der Waals surface area contributed by atoms with Crippen molar-refractivity contribution in [2.45, 2.75) is 64.6 Å². The Balaban J connectivity index is 1.43. The van der Waals surface area contributed by atoms with Crippen LogP contribution < -0.4 is 10.6 Å². The van der Waals surface area contributed by atoms with Crippen LogP contribution in [0.3, 0.4) is 0 Å². The number of hydrogen-bond donors (Lipinski definition) is 2. The summed E-state index contributed by atoms with van der Waals surface area (Å²) in [6, 6.07) is 2.08. The van der Waals surface area contributed by atoms with E-state index in [4.69, 9.17) is 0 Å². The Kier molecular flexibility index (Phi) is 6.03. The molecular weight excluding hydrogens is 298 g/mol. The molecule has 3 fully saturated rings. The molecule has 2 heterocycles. The van der Waals surface area contributed by atoms with Crippen molar-refractivity contribution in [3.05, 3.63) is 0 Å². The Morgan fingerprint density at radius 1 is 1.17 bits per heavy atom. The lowest BCUT2D eigenvalue weighted by Gasteiger charge is -2.35. The van der Waals surface area contributed by atoms with Crippen LogP contribution in [-0.4, -0.2) is 73.7 Å². The molecule has 0 radical (unpaired) electrons. The van der Waals surface area contributed by atoms with Crippen molar-refractivity contribution >= 4 is 5.96 Å². The van der Waals surface area contributed by atoms with E-state index in [1.807, 2.05) is 7.05 Å². The molecule has 0 amide bonds. The van der Waals surface area contributed by atoms with Crippen molar-refractivity contribution in [1.29, 1.82) is 0 Å². The third-order valence-corrected chi connectivity index (χ3v) is 6.09. The predicted molar refractivity (Wildman–Crippen MR) is 101 cm³/mol. The van der Waals surface area contributed by atoms with Crippen LogP contribution in [0.25, 0.3) is 0 Å². The van der Waals surface area contributed by atoms with Crippen molar-refractivity contribution in [2.24, 2.45) is 16.8 Å². The summed E-state index contributed by atoms with van der Waals surface area (Å²) >= 11 is 0. The highest BCUT2D eigenvalue weighted by Gasteiger charge is 2.38. The Hall–Kier alpha value is -0.810. The molecule has 2 aliphatic heterocycles. The standard InChI is InChI=1S/C19H37N5/c1-14(2)23-9-5-6-16(12-23)10-21-19(20-4)22-18-13-24(11-15(18)3)17-7-8-17/h14-18H,5-13H2,1-4H3,(H2,20,21,22). The summed E-state index contributed by atoms with van der Waals surface area (Å²) in [4.78, 5) is 9.75. The highest BCUT2D eigenvalue weighted by Crippen LogP contribution is 2.31. The Morgan fingerprint density at radius 2 is 1.96 bits per heavy atom. The number of hydrogen-bond acceptors (Lipinski definition) is 3. The Bertz CT molecular complexity index is 431. The van der Waals surface area contributed by atoms with Gasteiger partial charge in [0.25, 0.3) is 0 Å². The van der Waals surface area contributed by atoms with Gasteiger partial charge < -0.3 is 15.5 Å². The van der Waals surface area contributed by atoms with Gasteiger partial charge in [-0.05, 0) is 57.9 Å². The third-order valence-electron chi connectivity index (χ3n) is 6.09. The smallest absolute Gasteiger partial charge is 0.191 e. The van der Waals surface area contributed by atoms with E-state index in [9.17, 15) is 0 Å². The minimum atomic E-state index is 0.537. The van der Waals surface area contributed by atoms with Gasteiger partial charge in [-0.3, -0.25) is 9.89 Å². The van der Waals surface area contributed by atoms with E-state index < -0.39 is 0 Å². The zero-order valence-electron chi connectivity index (χ0n) is 16.1. The van der Waals surface area contributed by atoms with Gasteiger partial charge in [-0.1, -0.05) is 6.92 Å². The molecule has 138 valence electrons. The van der Waals surface area contributed by atoms with Gasteiger partial charge in [-0.15, -0.1) is 0 Å². The highest BCUT2D eigenvalue weighted by atomic mass is 15.3. The fraction of sp³-hybridized carbons (Fsp3) is 0.947. The highest BCUT2D eigenvalue weighted by molar-refractivity contribution is 5.80. The number of nitrogens with zero attached hydrogens (tertiary/aromatic N) is 3. The average Bonchev–Trinajstić information content (AvgIpc) is 3.36. The molecule has 1 aliphatic carbocycles. The molecule has 0 aromatic rings. The number of rotatable bonds is 5. The number of nitrogens with one attached hydrogen (secondary N) is 2. The third kappa shape index (κ3) is 4.63. The second-order valence-corrected chi connectivity index (χ2v) is 8.46. The van der Waals surface area contributed by atoms with Gasteiger partial charge in [0, 0.05) is 51.4 Å². The molecule has 0 aromatic carbocycles. The molecule has 0 aromatic heterocycles. The van der Waals surface area contributed by atoms with Crippen molar-refractivity contribution in [1.82, 2.24) is 20.4 Å². The van der Waals surface area contributed by atoms with Crippen molar-refractivity contribution in [3.8, 4) is 0 Å². The number of guanidine groups is 1. The van der Waals surface area contributed by atoms with Crippen LogP contribution in [0.5, 0.6) is 0 Å². The Labute approximate surface area is 148 Å². The van der Waals surface area contributed by atoms with E-state index in [0.717, 1.165) is 24.5 Å². The first kappa shape index (κ1) is 18.0. The normalized spacial score (nSPS) is 33.2. The summed E-state index contributed by atoms with van der Waals surface area (Å²) in [7, 11) is 1.90. The van der Waals surface area contributed by atoms with Gasteiger partial charge in [0.05, 0.1) is 0 Å². The van der Waals surface area contributed by atoms with Crippen LogP contribution in [0.1, 0.15) is 46.5 Å². The molecule has 2 N–H and O–H groups in total. The van der Waals surface area contributed by atoms with E-state index >= 15 is 0 Å². The van der Waals surface area contributed by atoms with Gasteiger partial charge in [0.1, 0.15) is 0 Å².